The average Bonchev–Trinajstić information content (AvgIpc) is 2.52. The van der Waals surface area contributed by atoms with E-state index in [0.29, 0.717) is 12.2 Å². The molecule has 0 fully saturated rings. The van der Waals surface area contributed by atoms with Crippen molar-refractivity contribution in [2.24, 2.45) is 0 Å². The third-order valence-electron chi connectivity index (χ3n) is 1.83. The Morgan fingerprint density at radius 1 is 1.62 bits per heavy atom. The fourth-order valence-electron chi connectivity index (χ4n) is 1.11. The molecule has 0 radical (unpaired) electrons. The van der Waals surface area contributed by atoms with Crippen molar-refractivity contribution in [1.82, 2.24) is 0 Å². The van der Waals surface area contributed by atoms with E-state index in [9.17, 15) is 4.79 Å². The Morgan fingerprint density at radius 2 is 2.38 bits per heavy atom. The SMILES string of the molecule is C=CCCCC(=O)c1ccc(C)o1. The number of unbranched alkanes of at least 4 members (excludes halogenated alkanes) is 1. The summed E-state index contributed by atoms with van der Waals surface area (Å²) in [5.74, 6) is 1.34. The van der Waals surface area contributed by atoms with Crippen LogP contribution >= 0.6 is 0 Å². The van der Waals surface area contributed by atoms with Crippen LogP contribution in [0.15, 0.2) is 29.2 Å². The van der Waals surface area contributed by atoms with Gasteiger partial charge in [-0.3, -0.25) is 4.79 Å². The van der Waals surface area contributed by atoms with E-state index in [1.54, 1.807) is 12.1 Å². The zero-order chi connectivity index (χ0) is 9.68. The first-order chi connectivity index (χ1) is 6.24. The van der Waals surface area contributed by atoms with Gasteiger partial charge in [0.1, 0.15) is 5.76 Å². The van der Waals surface area contributed by atoms with Gasteiger partial charge in [0.2, 0.25) is 0 Å². The molecular formula is C11H14O2. The third kappa shape index (κ3) is 2.90. The first-order valence-electron chi connectivity index (χ1n) is 4.44. The van der Waals surface area contributed by atoms with Crippen LogP contribution < -0.4 is 0 Å². The summed E-state index contributed by atoms with van der Waals surface area (Å²) in [7, 11) is 0. The number of carbonyl (C=O) groups excluding carboxylic acids is 1. The Labute approximate surface area is 78.3 Å². The molecule has 1 heterocycles. The smallest absolute Gasteiger partial charge is 0.198 e. The Bertz CT molecular complexity index is 297. The lowest BCUT2D eigenvalue weighted by Gasteiger charge is -1.94. The highest BCUT2D eigenvalue weighted by Gasteiger charge is 2.08. The number of furan rings is 1. The first kappa shape index (κ1) is 9.78. The molecular weight excluding hydrogens is 164 g/mol. The molecule has 0 aliphatic heterocycles. The van der Waals surface area contributed by atoms with Crippen LogP contribution in [0.4, 0.5) is 0 Å². The van der Waals surface area contributed by atoms with E-state index in [0.717, 1.165) is 18.6 Å². The lowest BCUT2D eigenvalue weighted by atomic mass is 10.1. The summed E-state index contributed by atoms with van der Waals surface area (Å²) in [6.07, 6.45) is 4.09. The van der Waals surface area contributed by atoms with Gasteiger partial charge in [-0.05, 0) is 31.9 Å². The number of ketones is 1. The van der Waals surface area contributed by atoms with Crippen LogP contribution in [0.2, 0.25) is 0 Å². The maximum absolute atomic E-state index is 11.4. The standard InChI is InChI=1S/C11H14O2/c1-3-4-5-6-10(12)11-8-7-9(2)13-11/h3,7-8H,1,4-6H2,2H3. The molecule has 0 aromatic carbocycles. The second kappa shape index (κ2) is 4.65. The fraction of sp³-hybridized carbons (Fsp3) is 0.364. The Balaban J connectivity index is 2.44. The summed E-state index contributed by atoms with van der Waals surface area (Å²) in [6, 6.07) is 3.53. The van der Waals surface area contributed by atoms with Crippen LogP contribution in [0.5, 0.6) is 0 Å². The molecule has 0 unspecified atom stereocenters. The molecule has 2 nitrogen and oxygen atoms in total. The third-order valence-corrected chi connectivity index (χ3v) is 1.83. The minimum absolute atomic E-state index is 0.0787. The van der Waals surface area contributed by atoms with E-state index in [-0.39, 0.29) is 5.78 Å². The Morgan fingerprint density at radius 3 is 2.92 bits per heavy atom. The number of hydrogen-bond donors (Lipinski definition) is 0. The van der Waals surface area contributed by atoms with Gasteiger partial charge in [-0.25, -0.2) is 0 Å². The first-order valence-corrected chi connectivity index (χ1v) is 4.44. The normalized spacial score (nSPS) is 9.92. The van der Waals surface area contributed by atoms with Gasteiger partial charge in [-0.1, -0.05) is 6.08 Å². The number of Topliss-reactive ketones (excluding diaryl/α,β-unsaturated/α-hetero) is 1. The van der Waals surface area contributed by atoms with E-state index in [1.165, 1.54) is 0 Å². The van der Waals surface area contributed by atoms with Gasteiger partial charge in [0.05, 0.1) is 0 Å². The lowest BCUT2D eigenvalue weighted by molar-refractivity contribution is 0.0952. The molecule has 0 aliphatic rings. The highest BCUT2D eigenvalue weighted by molar-refractivity contribution is 5.93. The van der Waals surface area contributed by atoms with Gasteiger partial charge < -0.3 is 4.42 Å². The van der Waals surface area contributed by atoms with Gasteiger partial charge in [-0.15, -0.1) is 6.58 Å². The minimum Gasteiger partial charge on any atom is -0.458 e. The highest BCUT2D eigenvalue weighted by Crippen LogP contribution is 2.10. The van der Waals surface area contributed by atoms with E-state index < -0.39 is 0 Å². The van der Waals surface area contributed by atoms with Crippen molar-refractivity contribution in [2.75, 3.05) is 0 Å². The van der Waals surface area contributed by atoms with Crippen molar-refractivity contribution in [3.63, 3.8) is 0 Å². The number of rotatable bonds is 5. The van der Waals surface area contributed by atoms with Crippen LogP contribution in [0.1, 0.15) is 35.6 Å². The van der Waals surface area contributed by atoms with E-state index in [2.05, 4.69) is 6.58 Å². The molecule has 0 saturated heterocycles. The molecule has 1 aromatic rings. The Kier molecular flexibility index (Phi) is 3.50. The molecule has 0 saturated carbocycles. The van der Waals surface area contributed by atoms with Gasteiger partial charge in [0, 0.05) is 6.42 Å². The fourth-order valence-corrected chi connectivity index (χ4v) is 1.11. The van der Waals surface area contributed by atoms with Crippen LogP contribution in [0, 0.1) is 6.92 Å². The number of carbonyl (C=O) groups is 1. The molecule has 0 spiro atoms. The number of allylic oxidation sites excluding steroid dienone is 1. The average molecular weight is 178 g/mol. The molecule has 0 bridgehead atoms. The monoisotopic (exact) mass is 178 g/mol. The molecule has 70 valence electrons. The molecule has 0 atom stereocenters. The van der Waals surface area contributed by atoms with Crippen LogP contribution in [-0.2, 0) is 0 Å². The number of aryl methyl sites for hydroxylation is 1. The summed E-state index contributed by atoms with van der Waals surface area (Å²) >= 11 is 0. The second-order valence-electron chi connectivity index (χ2n) is 3.01. The van der Waals surface area contributed by atoms with Crippen LogP contribution in [0.3, 0.4) is 0 Å². The summed E-state index contributed by atoms with van der Waals surface area (Å²) < 4.78 is 5.20. The second-order valence-corrected chi connectivity index (χ2v) is 3.01. The maximum Gasteiger partial charge on any atom is 0.198 e. The molecule has 0 aliphatic carbocycles. The molecule has 1 rings (SSSR count). The maximum atomic E-state index is 11.4. The Hall–Kier alpha value is -1.31. The van der Waals surface area contributed by atoms with Crippen molar-refractivity contribution >= 4 is 5.78 Å². The predicted octanol–water partition coefficient (Wildman–Crippen LogP) is 3.13. The van der Waals surface area contributed by atoms with E-state index >= 15 is 0 Å². The minimum atomic E-state index is 0.0787. The van der Waals surface area contributed by atoms with E-state index in [1.807, 2.05) is 13.0 Å². The molecule has 2 heteroatoms. The summed E-state index contributed by atoms with van der Waals surface area (Å²) in [5, 5.41) is 0. The van der Waals surface area contributed by atoms with Crippen molar-refractivity contribution in [1.29, 1.82) is 0 Å². The van der Waals surface area contributed by atoms with Gasteiger partial charge in [-0.2, -0.15) is 0 Å². The van der Waals surface area contributed by atoms with Crippen molar-refractivity contribution < 1.29 is 9.21 Å². The van der Waals surface area contributed by atoms with Gasteiger partial charge in [0.15, 0.2) is 11.5 Å². The van der Waals surface area contributed by atoms with Crippen LogP contribution in [-0.4, -0.2) is 5.78 Å². The summed E-state index contributed by atoms with van der Waals surface area (Å²) in [5.41, 5.74) is 0. The van der Waals surface area contributed by atoms with Crippen molar-refractivity contribution in [3.05, 3.63) is 36.3 Å². The zero-order valence-corrected chi connectivity index (χ0v) is 7.88. The largest absolute Gasteiger partial charge is 0.458 e. The summed E-state index contributed by atoms with van der Waals surface area (Å²) in [4.78, 5) is 11.4. The topological polar surface area (TPSA) is 30.2 Å². The predicted molar refractivity (Wildman–Crippen MR) is 51.8 cm³/mol. The lowest BCUT2D eigenvalue weighted by Crippen LogP contribution is -1.95. The molecule has 1 aromatic heterocycles. The number of hydrogen-bond acceptors (Lipinski definition) is 2. The van der Waals surface area contributed by atoms with Gasteiger partial charge >= 0.3 is 0 Å². The molecule has 13 heavy (non-hydrogen) atoms. The zero-order valence-electron chi connectivity index (χ0n) is 7.88. The molecule has 0 amide bonds. The van der Waals surface area contributed by atoms with Crippen molar-refractivity contribution in [3.8, 4) is 0 Å². The van der Waals surface area contributed by atoms with Crippen molar-refractivity contribution in [2.45, 2.75) is 26.2 Å². The van der Waals surface area contributed by atoms with Crippen LogP contribution in [0.25, 0.3) is 0 Å². The van der Waals surface area contributed by atoms with Gasteiger partial charge in [0.25, 0.3) is 0 Å². The summed E-state index contributed by atoms with van der Waals surface area (Å²) in [6.45, 7) is 5.43. The molecule has 0 N–H and O–H groups in total. The highest BCUT2D eigenvalue weighted by atomic mass is 16.3. The quantitative estimate of drug-likeness (QED) is 0.394. The van der Waals surface area contributed by atoms with E-state index in [4.69, 9.17) is 4.42 Å².